The number of anilines is 1. The number of halogens is 1. The van der Waals surface area contributed by atoms with Gasteiger partial charge in [-0.25, -0.2) is 14.2 Å². The zero-order valence-electron chi connectivity index (χ0n) is 17.1. The van der Waals surface area contributed by atoms with Crippen LogP contribution in [0.4, 0.5) is 14.9 Å². The Morgan fingerprint density at radius 3 is 2.97 bits per heavy atom. The van der Waals surface area contributed by atoms with Gasteiger partial charge in [0.25, 0.3) is 0 Å². The van der Waals surface area contributed by atoms with Crippen LogP contribution < -0.4 is 10.1 Å². The van der Waals surface area contributed by atoms with Gasteiger partial charge in [0.15, 0.2) is 0 Å². The predicted molar refractivity (Wildman–Crippen MR) is 110 cm³/mol. The maximum Gasteiger partial charge on any atom is 0.322 e. The van der Waals surface area contributed by atoms with Gasteiger partial charge in [-0.05, 0) is 24.6 Å². The molecule has 1 saturated heterocycles. The smallest absolute Gasteiger partial charge is 0.322 e. The molecule has 1 fully saturated rings. The van der Waals surface area contributed by atoms with Crippen LogP contribution in [0.3, 0.4) is 0 Å². The number of nitrogens with one attached hydrogen (secondary N) is 1. The Morgan fingerprint density at radius 1 is 1.32 bits per heavy atom. The molecular formula is C21H23FN6O3. The number of carbonyl (C=O) groups excluding carboxylic acids is 1. The number of rotatable bonds is 6. The zero-order chi connectivity index (χ0) is 21.6. The zero-order valence-corrected chi connectivity index (χ0v) is 17.1. The molecule has 162 valence electrons. The molecule has 1 unspecified atom stereocenters. The molecule has 0 aliphatic carbocycles. The highest BCUT2D eigenvalue weighted by molar-refractivity contribution is 5.89. The third-order valence-electron chi connectivity index (χ3n) is 4.74. The van der Waals surface area contributed by atoms with Crippen LogP contribution in [0.5, 0.6) is 5.88 Å². The maximum absolute atomic E-state index is 13.0. The molecule has 2 amide bonds. The molecule has 1 atom stereocenters. The summed E-state index contributed by atoms with van der Waals surface area (Å²) in [6.45, 7) is 3.87. The number of benzene rings is 1. The Hall–Kier alpha value is -3.53. The number of morpholine rings is 1. The van der Waals surface area contributed by atoms with E-state index in [-0.39, 0.29) is 24.6 Å². The van der Waals surface area contributed by atoms with Crippen molar-refractivity contribution in [1.29, 1.82) is 0 Å². The summed E-state index contributed by atoms with van der Waals surface area (Å²) in [6, 6.07) is 7.68. The van der Waals surface area contributed by atoms with Crippen LogP contribution >= 0.6 is 0 Å². The van der Waals surface area contributed by atoms with Crippen molar-refractivity contribution in [2.75, 3.05) is 31.6 Å². The second-order valence-corrected chi connectivity index (χ2v) is 7.18. The van der Waals surface area contributed by atoms with Crippen LogP contribution in [0.25, 0.3) is 0 Å². The second-order valence-electron chi connectivity index (χ2n) is 7.18. The van der Waals surface area contributed by atoms with Gasteiger partial charge in [-0.15, -0.1) is 0 Å². The minimum absolute atomic E-state index is 0.229. The Balaban J connectivity index is 1.28. The SMILES string of the molecule is Cc1nccc(OCC2CN(C(=O)Nc3cnn(Cc4ccc(F)cc4)c3)CCO2)n1. The Bertz CT molecular complexity index is 1030. The Kier molecular flexibility index (Phi) is 6.37. The average molecular weight is 426 g/mol. The molecule has 3 aromatic rings. The fourth-order valence-electron chi connectivity index (χ4n) is 3.19. The van der Waals surface area contributed by atoms with E-state index in [1.807, 2.05) is 0 Å². The summed E-state index contributed by atoms with van der Waals surface area (Å²) < 4.78 is 26.1. The number of hydrogen-bond donors (Lipinski definition) is 1. The molecule has 1 aliphatic heterocycles. The monoisotopic (exact) mass is 426 g/mol. The lowest BCUT2D eigenvalue weighted by Crippen LogP contribution is -2.49. The topological polar surface area (TPSA) is 94.4 Å². The molecule has 4 rings (SSSR count). The van der Waals surface area contributed by atoms with Crippen molar-refractivity contribution in [3.05, 3.63) is 66.1 Å². The van der Waals surface area contributed by atoms with E-state index >= 15 is 0 Å². The van der Waals surface area contributed by atoms with Crippen molar-refractivity contribution in [2.45, 2.75) is 19.6 Å². The third-order valence-corrected chi connectivity index (χ3v) is 4.74. The quantitative estimate of drug-likeness (QED) is 0.651. The van der Waals surface area contributed by atoms with Crippen molar-refractivity contribution < 1.29 is 18.7 Å². The van der Waals surface area contributed by atoms with Gasteiger partial charge < -0.3 is 19.7 Å². The summed E-state index contributed by atoms with van der Waals surface area (Å²) in [5, 5.41) is 7.11. The first kappa shape index (κ1) is 20.7. The first-order valence-corrected chi connectivity index (χ1v) is 9.92. The summed E-state index contributed by atoms with van der Waals surface area (Å²) >= 11 is 0. The lowest BCUT2D eigenvalue weighted by Gasteiger charge is -2.32. The van der Waals surface area contributed by atoms with Crippen molar-refractivity contribution >= 4 is 11.7 Å². The summed E-state index contributed by atoms with van der Waals surface area (Å²) in [5.74, 6) is 0.827. The van der Waals surface area contributed by atoms with Crippen LogP contribution in [0.15, 0.2) is 48.9 Å². The number of carbonyl (C=O) groups is 1. The van der Waals surface area contributed by atoms with Gasteiger partial charge in [0.05, 0.1) is 31.6 Å². The number of aryl methyl sites for hydroxylation is 1. The van der Waals surface area contributed by atoms with Gasteiger partial charge in [-0.3, -0.25) is 4.68 Å². The fraction of sp³-hybridized carbons (Fsp3) is 0.333. The van der Waals surface area contributed by atoms with Crippen molar-refractivity contribution in [3.8, 4) is 5.88 Å². The summed E-state index contributed by atoms with van der Waals surface area (Å²) in [4.78, 5) is 22.6. The van der Waals surface area contributed by atoms with Gasteiger partial charge in [0, 0.05) is 25.0 Å². The lowest BCUT2D eigenvalue weighted by molar-refractivity contribution is -0.0344. The first-order chi connectivity index (χ1) is 15.0. The van der Waals surface area contributed by atoms with E-state index in [0.717, 1.165) is 5.56 Å². The Morgan fingerprint density at radius 2 is 2.16 bits per heavy atom. The molecule has 0 radical (unpaired) electrons. The van der Waals surface area contributed by atoms with E-state index in [1.165, 1.54) is 12.1 Å². The molecule has 1 aromatic carbocycles. The molecule has 2 aromatic heterocycles. The predicted octanol–water partition coefficient (Wildman–Crippen LogP) is 2.48. The Labute approximate surface area is 178 Å². The normalized spacial score (nSPS) is 16.2. The number of amides is 2. The van der Waals surface area contributed by atoms with E-state index in [4.69, 9.17) is 9.47 Å². The maximum atomic E-state index is 13.0. The van der Waals surface area contributed by atoms with E-state index in [9.17, 15) is 9.18 Å². The third kappa shape index (κ3) is 5.76. The molecule has 1 aliphatic rings. The molecule has 9 nitrogen and oxygen atoms in total. The summed E-state index contributed by atoms with van der Waals surface area (Å²) in [6.07, 6.45) is 4.70. The number of ether oxygens (including phenoxy) is 2. The van der Waals surface area contributed by atoms with Crippen molar-refractivity contribution in [3.63, 3.8) is 0 Å². The standard InChI is InChI=1S/C21H23FN6O3/c1-15-23-7-6-20(25-15)31-14-19-13-27(8-9-30-19)21(29)26-18-10-24-28(12-18)11-16-2-4-17(22)5-3-16/h2-7,10,12,19H,8-9,11,13-14H2,1H3,(H,26,29). The summed E-state index contributed by atoms with van der Waals surface area (Å²) in [5.41, 5.74) is 1.50. The molecule has 10 heteroatoms. The minimum Gasteiger partial charge on any atom is -0.475 e. The van der Waals surface area contributed by atoms with E-state index < -0.39 is 0 Å². The molecule has 1 N–H and O–H groups in total. The van der Waals surface area contributed by atoms with Gasteiger partial charge >= 0.3 is 6.03 Å². The van der Waals surface area contributed by atoms with Crippen LogP contribution in [0.1, 0.15) is 11.4 Å². The number of urea groups is 1. The average Bonchev–Trinajstić information content (AvgIpc) is 3.21. The fourth-order valence-corrected chi connectivity index (χ4v) is 3.19. The van der Waals surface area contributed by atoms with Crippen LogP contribution in [-0.4, -0.2) is 63.1 Å². The highest BCUT2D eigenvalue weighted by atomic mass is 19.1. The largest absolute Gasteiger partial charge is 0.475 e. The summed E-state index contributed by atoms with van der Waals surface area (Å²) in [7, 11) is 0. The molecule has 31 heavy (non-hydrogen) atoms. The van der Waals surface area contributed by atoms with Crippen molar-refractivity contribution in [1.82, 2.24) is 24.6 Å². The molecule has 0 bridgehead atoms. The van der Waals surface area contributed by atoms with Crippen LogP contribution in [0.2, 0.25) is 0 Å². The number of hydrogen-bond acceptors (Lipinski definition) is 6. The van der Waals surface area contributed by atoms with Crippen LogP contribution in [0, 0.1) is 12.7 Å². The van der Waals surface area contributed by atoms with Gasteiger partial charge in [-0.2, -0.15) is 10.1 Å². The van der Waals surface area contributed by atoms with Gasteiger partial charge in [0.2, 0.25) is 5.88 Å². The van der Waals surface area contributed by atoms with Gasteiger partial charge in [0.1, 0.15) is 24.4 Å². The lowest BCUT2D eigenvalue weighted by atomic mass is 10.2. The van der Waals surface area contributed by atoms with Crippen molar-refractivity contribution in [2.24, 2.45) is 0 Å². The minimum atomic E-state index is -0.279. The molecule has 0 saturated carbocycles. The van der Waals surface area contributed by atoms with E-state index in [2.05, 4.69) is 20.4 Å². The number of aromatic nitrogens is 4. The second kappa shape index (κ2) is 9.52. The van der Waals surface area contributed by atoms with E-state index in [0.29, 0.717) is 43.6 Å². The first-order valence-electron chi connectivity index (χ1n) is 9.92. The molecule has 3 heterocycles. The molecule has 0 spiro atoms. The van der Waals surface area contributed by atoms with Gasteiger partial charge in [-0.1, -0.05) is 12.1 Å². The van der Waals surface area contributed by atoms with Crippen LogP contribution in [-0.2, 0) is 11.3 Å². The molecular weight excluding hydrogens is 403 g/mol. The highest BCUT2D eigenvalue weighted by Gasteiger charge is 2.25. The highest BCUT2D eigenvalue weighted by Crippen LogP contribution is 2.13. The van der Waals surface area contributed by atoms with E-state index in [1.54, 1.807) is 53.3 Å². The number of nitrogens with zero attached hydrogens (tertiary/aromatic N) is 5.